The van der Waals surface area contributed by atoms with Gasteiger partial charge in [0.15, 0.2) is 28.5 Å². The van der Waals surface area contributed by atoms with Crippen LogP contribution in [-0.2, 0) is 6.54 Å². The smallest absolute Gasteiger partial charge is 0.227 e. The summed E-state index contributed by atoms with van der Waals surface area (Å²) in [6.07, 6.45) is 10.8. The van der Waals surface area contributed by atoms with E-state index in [0.29, 0.717) is 67.7 Å². The number of anilines is 2. The molecule has 0 unspecified atom stereocenters. The van der Waals surface area contributed by atoms with E-state index in [0.717, 1.165) is 61.1 Å². The third kappa shape index (κ3) is 6.32. The molecule has 4 N–H and O–H groups in total. The van der Waals surface area contributed by atoms with E-state index in [1.807, 2.05) is 39.2 Å². The number of nitrogens with two attached hydrogens (primary N) is 1. The van der Waals surface area contributed by atoms with Gasteiger partial charge in [0.1, 0.15) is 0 Å². The molecule has 3 aromatic rings. The van der Waals surface area contributed by atoms with Gasteiger partial charge in [-0.2, -0.15) is 9.97 Å². The fraction of sp³-hybridized carbons (Fsp3) is 0.621. The van der Waals surface area contributed by atoms with Crippen molar-refractivity contribution in [3.63, 3.8) is 0 Å². The molecule has 212 valence electrons. The number of ether oxygens (including phenoxy) is 3. The number of imidazole rings is 1. The monoisotopic (exact) mass is 537 g/mol. The molecule has 2 aromatic heterocycles. The molecule has 2 aliphatic carbocycles. The standard InChI is InChI=1S/C29H43N7O3/c1-4-37-23-15-19(16-24(38-5-2)26(23)39-6-3)17-31-27-25-28(36(18-32-25)22-9-7-8-10-22)35-29(34-27)33-21-13-11-20(30)12-14-21/h15-16,18,20-22H,4-14,17,30H2,1-3H3,(H2,31,33,34,35). The minimum Gasteiger partial charge on any atom is -0.490 e. The Kier molecular flexibility index (Phi) is 8.91. The second-order valence-corrected chi connectivity index (χ2v) is 10.5. The lowest BCUT2D eigenvalue weighted by Crippen LogP contribution is -2.33. The molecular weight excluding hydrogens is 494 g/mol. The average Bonchev–Trinajstić information content (AvgIpc) is 3.61. The number of benzene rings is 1. The van der Waals surface area contributed by atoms with Crippen molar-refractivity contribution in [3.05, 3.63) is 24.0 Å². The van der Waals surface area contributed by atoms with Crippen molar-refractivity contribution in [1.29, 1.82) is 0 Å². The van der Waals surface area contributed by atoms with E-state index in [9.17, 15) is 0 Å². The number of rotatable bonds is 12. The summed E-state index contributed by atoms with van der Waals surface area (Å²) in [5.74, 6) is 3.36. The van der Waals surface area contributed by atoms with Crippen molar-refractivity contribution in [2.45, 2.75) is 96.8 Å². The first-order valence-corrected chi connectivity index (χ1v) is 14.6. The van der Waals surface area contributed by atoms with Crippen molar-refractivity contribution >= 4 is 22.9 Å². The van der Waals surface area contributed by atoms with Crippen molar-refractivity contribution < 1.29 is 14.2 Å². The van der Waals surface area contributed by atoms with E-state index in [1.54, 1.807) is 0 Å². The summed E-state index contributed by atoms with van der Waals surface area (Å²) < 4.78 is 20.0. The van der Waals surface area contributed by atoms with Crippen molar-refractivity contribution in [2.75, 3.05) is 30.5 Å². The molecule has 10 heteroatoms. The summed E-state index contributed by atoms with van der Waals surface area (Å²) in [6, 6.07) is 5.07. The van der Waals surface area contributed by atoms with Gasteiger partial charge in [-0.05, 0) is 77.0 Å². The van der Waals surface area contributed by atoms with Crippen LogP contribution in [0.3, 0.4) is 0 Å². The van der Waals surface area contributed by atoms with Gasteiger partial charge in [-0.25, -0.2) is 4.98 Å². The lowest BCUT2D eigenvalue weighted by Gasteiger charge is -2.27. The molecule has 1 aromatic carbocycles. The third-order valence-corrected chi connectivity index (χ3v) is 7.67. The van der Waals surface area contributed by atoms with Crippen molar-refractivity contribution in [3.8, 4) is 17.2 Å². The van der Waals surface area contributed by atoms with Crippen LogP contribution < -0.4 is 30.6 Å². The molecule has 0 bridgehead atoms. The molecule has 0 radical (unpaired) electrons. The lowest BCUT2D eigenvalue weighted by molar-refractivity contribution is 0.260. The molecule has 2 heterocycles. The van der Waals surface area contributed by atoms with Crippen molar-refractivity contribution in [2.24, 2.45) is 5.73 Å². The lowest BCUT2D eigenvalue weighted by atomic mass is 9.92. The van der Waals surface area contributed by atoms with Gasteiger partial charge in [0.2, 0.25) is 11.7 Å². The minimum atomic E-state index is 0.296. The Labute approximate surface area is 231 Å². The van der Waals surface area contributed by atoms with Crippen LogP contribution in [0.2, 0.25) is 0 Å². The van der Waals surface area contributed by atoms with Gasteiger partial charge < -0.3 is 35.1 Å². The number of nitrogens with zero attached hydrogens (tertiary/aromatic N) is 4. The molecule has 2 aliphatic rings. The van der Waals surface area contributed by atoms with E-state index in [1.165, 1.54) is 12.8 Å². The number of hydrogen-bond donors (Lipinski definition) is 3. The summed E-state index contributed by atoms with van der Waals surface area (Å²) in [5, 5.41) is 7.14. The molecule has 0 saturated heterocycles. The fourth-order valence-electron chi connectivity index (χ4n) is 5.73. The third-order valence-electron chi connectivity index (χ3n) is 7.67. The van der Waals surface area contributed by atoms with E-state index >= 15 is 0 Å². The van der Waals surface area contributed by atoms with Gasteiger partial charge in [0.25, 0.3) is 0 Å². The van der Waals surface area contributed by atoms with Crippen LogP contribution in [0, 0.1) is 0 Å². The van der Waals surface area contributed by atoms with Crippen LogP contribution in [0.5, 0.6) is 17.2 Å². The summed E-state index contributed by atoms with van der Waals surface area (Å²) in [5.41, 5.74) is 8.81. The Morgan fingerprint density at radius 3 is 2.21 bits per heavy atom. The summed E-state index contributed by atoms with van der Waals surface area (Å²) in [6.45, 7) is 8.01. The van der Waals surface area contributed by atoms with Crippen LogP contribution >= 0.6 is 0 Å². The fourth-order valence-corrected chi connectivity index (χ4v) is 5.73. The SMILES string of the molecule is CCOc1cc(CNc2nc(NC3CCC(N)CC3)nc3c2ncn3C2CCCC2)cc(OCC)c1OCC. The Morgan fingerprint density at radius 2 is 1.56 bits per heavy atom. The minimum absolute atomic E-state index is 0.296. The zero-order valence-corrected chi connectivity index (χ0v) is 23.5. The van der Waals surface area contributed by atoms with Gasteiger partial charge in [-0.1, -0.05) is 12.8 Å². The molecule has 39 heavy (non-hydrogen) atoms. The zero-order valence-electron chi connectivity index (χ0n) is 23.5. The first kappa shape index (κ1) is 27.3. The summed E-state index contributed by atoms with van der Waals surface area (Å²) in [4.78, 5) is 14.6. The van der Waals surface area contributed by atoms with Gasteiger partial charge >= 0.3 is 0 Å². The Morgan fingerprint density at radius 1 is 0.897 bits per heavy atom. The summed E-state index contributed by atoms with van der Waals surface area (Å²) in [7, 11) is 0. The molecule has 2 saturated carbocycles. The Bertz CT molecular complexity index is 1210. The first-order valence-electron chi connectivity index (χ1n) is 14.6. The molecule has 10 nitrogen and oxygen atoms in total. The Balaban J connectivity index is 1.45. The van der Waals surface area contributed by atoms with Crippen LogP contribution in [0.15, 0.2) is 18.5 Å². The second-order valence-electron chi connectivity index (χ2n) is 10.5. The van der Waals surface area contributed by atoms with E-state index in [4.69, 9.17) is 34.9 Å². The Hall–Kier alpha value is -3.27. The normalized spacial score (nSPS) is 19.8. The predicted molar refractivity (Wildman–Crippen MR) is 154 cm³/mol. The quantitative estimate of drug-likeness (QED) is 0.277. The largest absolute Gasteiger partial charge is 0.490 e. The van der Waals surface area contributed by atoms with Crippen molar-refractivity contribution in [1.82, 2.24) is 19.5 Å². The van der Waals surface area contributed by atoms with Gasteiger partial charge in [-0.15, -0.1) is 0 Å². The topological polar surface area (TPSA) is 121 Å². The highest BCUT2D eigenvalue weighted by Gasteiger charge is 2.24. The molecule has 2 fully saturated rings. The summed E-state index contributed by atoms with van der Waals surface area (Å²) >= 11 is 0. The van der Waals surface area contributed by atoms with Crippen LogP contribution in [0.25, 0.3) is 11.2 Å². The molecular formula is C29H43N7O3. The molecule has 0 aliphatic heterocycles. The maximum Gasteiger partial charge on any atom is 0.227 e. The predicted octanol–water partition coefficient (Wildman–Crippen LogP) is 5.43. The first-order chi connectivity index (χ1) is 19.1. The van der Waals surface area contributed by atoms with E-state index < -0.39 is 0 Å². The van der Waals surface area contributed by atoms with Crippen LogP contribution in [0.1, 0.15) is 83.7 Å². The van der Waals surface area contributed by atoms with Gasteiger partial charge in [0, 0.05) is 24.7 Å². The van der Waals surface area contributed by atoms with E-state index in [2.05, 4.69) is 15.2 Å². The average molecular weight is 538 g/mol. The molecule has 0 amide bonds. The molecule has 0 spiro atoms. The van der Waals surface area contributed by atoms with Crippen LogP contribution in [0.4, 0.5) is 11.8 Å². The highest BCUT2D eigenvalue weighted by molar-refractivity contribution is 5.84. The highest BCUT2D eigenvalue weighted by atomic mass is 16.5. The van der Waals surface area contributed by atoms with E-state index in [-0.39, 0.29) is 0 Å². The van der Waals surface area contributed by atoms with Crippen LogP contribution in [-0.4, -0.2) is 51.4 Å². The van der Waals surface area contributed by atoms with Gasteiger partial charge in [-0.3, -0.25) is 0 Å². The number of hydrogen-bond acceptors (Lipinski definition) is 9. The zero-order chi connectivity index (χ0) is 27.2. The second kappa shape index (κ2) is 12.7. The maximum atomic E-state index is 6.14. The maximum absolute atomic E-state index is 6.14. The molecule has 5 rings (SSSR count). The highest BCUT2D eigenvalue weighted by Crippen LogP contribution is 2.39. The van der Waals surface area contributed by atoms with Gasteiger partial charge in [0.05, 0.1) is 26.1 Å². The number of fused-ring (bicyclic) bond motifs is 1. The number of nitrogens with one attached hydrogen (secondary N) is 2. The number of aromatic nitrogens is 4. The molecule has 0 atom stereocenters.